The van der Waals surface area contributed by atoms with Crippen LogP contribution < -0.4 is 11.2 Å². The number of aromatic nitrogens is 2. The zero-order chi connectivity index (χ0) is 16.3. The Balaban J connectivity index is 2.28. The molecular formula is C14H16N2O6. The first-order valence-corrected chi connectivity index (χ1v) is 6.70. The Morgan fingerprint density at radius 1 is 1.27 bits per heavy atom. The average molecular weight is 308 g/mol. The summed E-state index contributed by atoms with van der Waals surface area (Å²) >= 11 is 0. The van der Waals surface area contributed by atoms with E-state index < -0.39 is 29.4 Å². The second-order valence-electron chi connectivity index (χ2n) is 4.73. The molecule has 8 heteroatoms. The van der Waals surface area contributed by atoms with Crippen LogP contribution in [0.3, 0.4) is 0 Å². The number of H-pyrrole nitrogens is 2. The van der Waals surface area contributed by atoms with E-state index >= 15 is 0 Å². The number of carbonyl (C=O) groups excluding carboxylic acids is 1. The number of benzene rings is 1. The van der Waals surface area contributed by atoms with Crippen molar-refractivity contribution >= 4 is 16.9 Å². The normalized spacial score (nSPS) is 13.8. The highest BCUT2D eigenvalue weighted by Gasteiger charge is 2.22. The summed E-state index contributed by atoms with van der Waals surface area (Å²) in [6.07, 6.45) is -3.09. The third-order valence-corrected chi connectivity index (χ3v) is 3.15. The van der Waals surface area contributed by atoms with Gasteiger partial charge in [-0.3, -0.25) is 14.6 Å². The Morgan fingerprint density at radius 3 is 2.68 bits per heavy atom. The molecule has 0 aliphatic heterocycles. The van der Waals surface area contributed by atoms with Gasteiger partial charge in [0.2, 0.25) is 0 Å². The molecular weight excluding hydrogens is 292 g/mol. The Kier molecular flexibility index (Phi) is 4.74. The van der Waals surface area contributed by atoms with Gasteiger partial charge in [-0.15, -0.1) is 0 Å². The van der Waals surface area contributed by atoms with Crippen molar-refractivity contribution in [1.29, 1.82) is 0 Å². The molecule has 2 aromatic rings. The molecule has 0 radical (unpaired) electrons. The number of hydrogen-bond acceptors (Lipinski definition) is 6. The van der Waals surface area contributed by atoms with E-state index in [-0.39, 0.29) is 24.0 Å². The van der Waals surface area contributed by atoms with Gasteiger partial charge in [-0.1, -0.05) is 6.07 Å². The highest BCUT2D eigenvalue weighted by molar-refractivity contribution is 5.78. The van der Waals surface area contributed by atoms with Crippen LogP contribution in [-0.2, 0) is 9.53 Å². The van der Waals surface area contributed by atoms with Crippen LogP contribution in [0.4, 0.5) is 0 Å². The predicted molar refractivity (Wildman–Crippen MR) is 77.4 cm³/mol. The van der Waals surface area contributed by atoms with Gasteiger partial charge in [-0.05, 0) is 24.6 Å². The van der Waals surface area contributed by atoms with Crippen LogP contribution in [0.2, 0.25) is 0 Å². The number of esters is 1. The number of nitrogens with one attached hydrogen (secondary N) is 2. The predicted octanol–water partition coefficient (Wildman–Crippen LogP) is -0.436. The van der Waals surface area contributed by atoms with Gasteiger partial charge in [0.05, 0.1) is 30.0 Å². The van der Waals surface area contributed by atoms with Crippen LogP contribution >= 0.6 is 0 Å². The van der Waals surface area contributed by atoms with Crippen molar-refractivity contribution in [3.63, 3.8) is 0 Å². The summed E-state index contributed by atoms with van der Waals surface area (Å²) in [6, 6.07) is 4.25. The molecule has 0 aliphatic rings. The molecule has 4 N–H and O–H groups in total. The molecule has 0 saturated carbocycles. The molecule has 0 fully saturated rings. The first kappa shape index (κ1) is 15.9. The molecule has 0 bridgehead atoms. The molecule has 0 aliphatic carbocycles. The number of aliphatic hydroxyl groups excluding tert-OH is 2. The summed E-state index contributed by atoms with van der Waals surface area (Å²) in [5.74, 6) is -0.628. The number of hydrogen-bond donors (Lipinski definition) is 4. The van der Waals surface area contributed by atoms with Crippen molar-refractivity contribution in [2.75, 3.05) is 6.61 Å². The Bertz CT molecular complexity index is 794. The lowest BCUT2D eigenvalue weighted by atomic mass is 10.0. The minimum Gasteiger partial charge on any atom is -0.466 e. The zero-order valence-corrected chi connectivity index (χ0v) is 11.8. The molecule has 2 atom stereocenters. The van der Waals surface area contributed by atoms with Gasteiger partial charge in [0.25, 0.3) is 5.56 Å². The van der Waals surface area contributed by atoms with E-state index in [0.717, 1.165) is 0 Å². The molecule has 22 heavy (non-hydrogen) atoms. The average Bonchev–Trinajstić information content (AvgIpc) is 2.46. The second kappa shape index (κ2) is 6.54. The van der Waals surface area contributed by atoms with Crippen molar-refractivity contribution in [2.45, 2.75) is 25.6 Å². The quantitative estimate of drug-likeness (QED) is 0.554. The van der Waals surface area contributed by atoms with Crippen molar-refractivity contribution in [3.05, 3.63) is 44.6 Å². The SMILES string of the molecule is CCOC(=O)CC(O)C(O)c1ccc2[nH]c(=O)[nH]c(=O)c2c1. The van der Waals surface area contributed by atoms with Gasteiger partial charge in [-0.2, -0.15) is 0 Å². The summed E-state index contributed by atoms with van der Waals surface area (Å²) in [5, 5.41) is 20.1. The topological polar surface area (TPSA) is 132 Å². The number of aromatic amines is 2. The van der Waals surface area contributed by atoms with E-state index in [1.54, 1.807) is 6.92 Å². The van der Waals surface area contributed by atoms with E-state index in [0.29, 0.717) is 5.52 Å². The number of rotatable bonds is 5. The first-order chi connectivity index (χ1) is 10.4. The van der Waals surface area contributed by atoms with E-state index in [2.05, 4.69) is 9.97 Å². The smallest absolute Gasteiger partial charge is 0.326 e. The molecule has 1 aromatic carbocycles. The van der Waals surface area contributed by atoms with Gasteiger partial charge in [-0.25, -0.2) is 4.79 Å². The standard InChI is InChI=1S/C14H16N2O6/c1-2-22-11(18)6-10(17)12(19)7-3-4-9-8(5-7)13(20)16-14(21)15-9/h3-5,10,12,17,19H,2,6H2,1H3,(H2,15,16,20,21). The van der Waals surface area contributed by atoms with Gasteiger partial charge in [0.15, 0.2) is 0 Å². The third-order valence-electron chi connectivity index (χ3n) is 3.15. The van der Waals surface area contributed by atoms with Crippen molar-refractivity contribution in [3.8, 4) is 0 Å². The van der Waals surface area contributed by atoms with Crippen molar-refractivity contribution in [2.24, 2.45) is 0 Å². The maximum absolute atomic E-state index is 11.7. The highest BCUT2D eigenvalue weighted by atomic mass is 16.5. The fraction of sp³-hybridized carbons (Fsp3) is 0.357. The Morgan fingerprint density at radius 2 is 2.00 bits per heavy atom. The number of aliphatic hydroxyl groups is 2. The van der Waals surface area contributed by atoms with E-state index in [1.165, 1.54) is 18.2 Å². The van der Waals surface area contributed by atoms with Gasteiger partial charge in [0.1, 0.15) is 6.10 Å². The highest BCUT2D eigenvalue weighted by Crippen LogP contribution is 2.21. The summed E-state index contributed by atoms with van der Waals surface area (Å²) in [7, 11) is 0. The maximum atomic E-state index is 11.7. The van der Waals surface area contributed by atoms with Gasteiger partial charge >= 0.3 is 11.7 Å². The van der Waals surface area contributed by atoms with Crippen LogP contribution in [0.5, 0.6) is 0 Å². The largest absolute Gasteiger partial charge is 0.466 e. The van der Waals surface area contributed by atoms with Crippen molar-refractivity contribution in [1.82, 2.24) is 9.97 Å². The Hall–Kier alpha value is -2.45. The van der Waals surface area contributed by atoms with Crippen LogP contribution in [0, 0.1) is 0 Å². The van der Waals surface area contributed by atoms with Crippen LogP contribution in [0.25, 0.3) is 10.9 Å². The summed E-state index contributed by atoms with van der Waals surface area (Å²) in [4.78, 5) is 38.7. The molecule has 118 valence electrons. The lowest BCUT2D eigenvalue weighted by molar-refractivity contribution is -0.147. The molecule has 0 spiro atoms. The van der Waals surface area contributed by atoms with Crippen LogP contribution in [-0.4, -0.2) is 38.9 Å². The molecule has 1 heterocycles. The fourth-order valence-electron chi connectivity index (χ4n) is 2.09. The van der Waals surface area contributed by atoms with Crippen LogP contribution in [0.15, 0.2) is 27.8 Å². The molecule has 0 amide bonds. The van der Waals surface area contributed by atoms with Crippen LogP contribution in [0.1, 0.15) is 25.0 Å². The van der Waals surface area contributed by atoms with Gasteiger partial charge < -0.3 is 19.9 Å². The first-order valence-electron chi connectivity index (χ1n) is 6.70. The minimum atomic E-state index is -1.36. The zero-order valence-electron chi connectivity index (χ0n) is 11.8. The lowest BCUT2D eigenvalue weighted by Crippen LogP contribution is -2.24. The maximum Gasteiger partial charge on any atom is 0.326 e. The summed E-state index contributed by atoms with van der Waals surface area (Å²) in [5.41, 5.74) is -0.674. The molecule has 2 unspecified atom stereocenters. The van der Waals surface area contributed by atoms with E-state index in [9.17, 15) is 24.6 Å². The number of ether oxygens (including phenoxy) is 1. The van der Waals surface area contributed by atoms with E-state index in [1.807, 2.05) is 0 Å². The monoisotopic (exact) mass is 308 g/mol. The number of fused-ring (bicyclic) bond motifs is 1. The minimum absolute atomic E-state index is 0.166. The second-order valence-corrected chi connectivity index (χ2v) is 4.73. The lowest BCUT2D eigenvalue weighted by Gasteiger charge is -2.17. The van der Waals surface area contributed by atoms with E-state index in [4.69, 9.17) is 4.74 Å². The molecule has 2 rings (SSSR count). The summed E-state index contributed by atoms with van der Waals surface area (Å²) in [6.45, 7) is 1.82. The third kappa shape index (κ3) is 3.41. The fourth-order valence-corrected chi connectivity index (χ4v) is 2.09. The number of carbonyl (C=O) groups is 1. The summed E-state index contributed by atoms with van der Waals surface area (Å²) < 4.78 is 4.70. The molecule has 0 saturated heterocycles. The molecule has 8 nitrogen and oxygen atoms in total. The molecule has 1 aromatic heterocycles. The van der Waals surface area contributed by atoms with Gasteiger partial charge in [0, 0.05) is 0 Å². The van der Waals surface area contributed by atoms with Crippen molar-refractivity contribution < 1.29 is 19.7 Å². The Labute approximate surface area is 124 Å².